The van der Waals surface area contributed by atoms with Gasteiger partial charge in [0.2, 0.25) is 0 Å². The molecule has 2 N–H and O–H groups in total. The van der Waals surface area contributed by atoms with E-state index in [9.17, 15) is 4.79 Å². The van der Waals surface area contributed by atoms with Crippen molar-refractivity contribution in [1.29, 1.82) is 0 Å². The predicted octanol–water partition coefficient (Wildman–Crippen LogP) is 2.37. The molecular formula is C11H16N2O3. The first-order valence-electron chi connectivity index (χ1n) is 5.52. The third-order valence-corrected chi connectivity index (χ3v) is 3.20. The molecule has 1 aliphatic carbocycles. The lowest BCUT2D eigenvalue weighted by atomic mass is 9.89. The molecule has 1 heterocycles. The summed E-state index contributed by atoms with van der Waals surface area (Å²) >= 11 is 0. The second-order valence-corrected chi connectivity index (χ2v) is 4.71. The zero-order valence-electron chi connectivity index (χ0n) is 9.32. The lowest BCUT2D eigenvalue weighted by Gasteiger charge is -2.22. The number of nitrogens with one attached hydrogen (secondary N) is 1. The Labute approximate surface area is 93.9 Å². The van der Waals surface area contributed by atoms with Gasteiger partial charge in [-0.25, -0.2) is 4.79 Å². The smallest absolute Gasteiger partial charge is 0.357 e. The Hall–Kier alpha value is -1.52. The van der Waals surface area contributed by atoms with Gasteiger partial charge in [0.15, 0.2) is 5.69 Å². The molecule has 1 aromatic heterocycles. The number of carboxylic acids is 1. The van der Waals surface area contributed by atoms with E-state index in [0.29, 0.717) is 6.01 Å². The van der Waals surface area contributed by atoms with Crippen molar-refractivity contribution < 1.29 is 14.3 Å². The molecule has 0 bridgehead atoms. The van der Waals surface area contributed by atoms with Crippen molar-refractivity contribution in [2.75, 3.05) is 11.9 Å². The molecule has 0 amide bonds. The maximum Gasteiger partial charge on any atom is 0.357 e. The van der Waals surface area contributed by atoms with Gasteiger partial charge in [-0.05, 0) is 18.3 Å². The van der Waals surface area contributed by atoms with Gasteiger partial charge in [-0.3, -0.25) is 0 Å². The molecule has 5 nitrogen and oxygen atoms in total. The molecule has 0 saturated heterocycles. The number of hydrogen-bond acceptors (Lipinski definition) is 4. The Morgan fingerprint density at radius 1 is 1.62 bits per heavy atom. The normalized spacial score (nSPS) is 18.6. The van der Waals surface area contributed by atoms with E-state index in [1.165, 1.54) is 25.7 Å². The molecular weight excluding hydrogens is 208 g/mol. The third-order valence-electron chi connectivity index (χ3n) is 3.20. The molecule has 1 aromatic rings. The molecule has 5 heteroatoms. The van der Waals surface area contributed by atoms with Crippen LogP contribution >= 0.6 is 0 Å². The van der Waals surface area contributed by atoms with Crippen LogP contribution in [-0.2, 0) is 0 Å². The van der Waals surface area contributed by atoms with E-state index < -0.39 is 5.97 Å². The number of carboxylic acid groups (broad SMARTS) is 1. The summed E-state index contributed by atoms with van der Waals surface area (Å²) in [4.78, 5) is 14.4. The molecule has 0 aromatic carbocycles. The summed E-state index contributed by atoms with van der Waals surface area (Å²) in [5.74, 6) is -1.07. The first-order valence-corrected chi connectivity index (χ1v) is 5.52. The average Bonchev–Trinajstić information content (AvgIpc) is 2.84. The minimum Gasteiger partial charge on any atom is -0.476 e. The van der Waals surface area contributed by atoms with Gasteiger partial charge < -0.3 is 14.8 Å². The highest BCUT2D eigenvalue weighted by Gasteiger charge is 2.28. The second-order valence-electron chi connectivity index (χ2n) is 4.71. The first kappa shape index (κ1) is 11.0. The third kappa shape index (κ3) is 2.35. The minimum atomic E-state index is -1.07. The van der Waals surface area contributed by atoms with Crippen LogP contribution < -0.4 is 5.32 Å². The second kappa shape index (κ2) is 4.15. The van der Waals surface area contributed by atoms with Gasteiger partial charge in [-0.1, -0.05) is 19.8 Å². The number of nitrogens with zero attached hydrogens (tertiary/aromatic N) is 1. The molecule has 0 radical (unpaired) electrons. The summed E-state index contributed by atoms with van der Waals surface area (Å²) in [6.07, 6.45) is 6.09. The number of aromatic carboxylic acids is 1. The molecule has 0 aliphatic heterocycles. The fraction of sp³-hybridized carbons (Fsp3) is 0.636. The van der Waals surface area contributed by atoms with E-state index in [1.807, 2.05) is 0 Å². The maximum absolute atomic E-state index is 10.6. The lowest BCUT2D eigenvalue weighted by Crippen LogP contribution is -2.23. The molecule has 1 aliphatic rings. The Kier molecular flexibility index (Phi) is 2.85. The zero-order valence-corrected chi connectivity index (χ0v) is 9.32. The van der Waals surface area contributed by atoms with E-state index in [-0.39, 0.29) is 11.1 Å². The van der Waals surface area contributed by atoms with Crippen LogP contribution in [0.2, 0.25) is 0 Å². The van der Waals surface area contributed by atoms with E-state index in [1.54, 1.807) is 0 Å². The van der Waals surface area contributed by atoms with Crippen LogP contribution in [0.1, 0.15) is 43.1 Å². The fourth-order valence-electron chi connectivity index (χ4n) is 2.15. The summed E-state index contributed by atoms with van der Waals surface area (Å²) < 4.78 is 5.03. The van der Waals surface area contributed by atoms with E-state index in [4.69, 9.17) is 9.52 Å². The predicted molar refractivity (Wildman–Crippen MR) is 58.5 cm³/mol. The number of hydrogen-bond donors (Lipinski definition) is 2. The lowest BCUT2D eigenvalue weighted by molar-refractivity contribution is 0.0690. The quantitative estimate of drug-likeness (QED) is 0.821. The van der Waals surface area contributed by atoms with Crippen molar-refractivity contribution in [3.05, 3.63) is 12.0 Å². The number of oxazole rings is 1. The van der Waals surface area contributed by atoms with Crippen LogP contribution in [0.25, 0.3) is 0 Å². The number of carbonyl (C=O) groups is 1. The Balaban J connectivity index is 1.91. The maximum atomic E-state index is 10.6. The van der Waals surface area contributed by atoms with E-state index in [2.05, 4.69) is 17.2 Å². The van der Waals surface area contributed by atoms with Gasteiger partial charge in [0, 0.05) is 6.54 Å². The fourth-order valence-corrected chi connectivity index (χ4v) is 2.15. The van der Waals surface area contributed by atoms with Crippen molar-refractivity contribution in [3.63, 3.8) is 0 Å². The largest absolute Gasteiger partial charge is 0.476 e. The van der Waals surface area contributed by atoms with Gasteiger partial charge in [0.25, 0.3) is 6.01 Å². The van der Waals surface area contributed by atoms with Crippen molar-refractivity contribution >= 4 is 12.0 Å². The van der Waals surface area contributed by atoms with Crippen molar-refractivity contribution in [3.8, 4) is 0 Å². The van der Waals surface area contributed by atoms with Crippen LogP contribution in [0.4, 0.5) is 6.01 Å². The summed E-state index contributed by atoms with van der Waals surface area (Å²) in [6.45, 7) is 3.01. The van der Waals surface area contributed by atoms with Crippen molar-refractivity contribution in [1.82, 2.24) is 4.98 Å². The van der Waals surface area contributed by atoms with Gasteiger partial charge in [-0.2, -0.15) is 4.98 Å². The molecule has 0 atom stereocenters. The highest BCUT2D eigenvalue weighted by molar-refractivity contribution is 5.85. The molecule has 1 saturated carbocycles. The van der Waals surface area contributed by atoms with Crippen molar-refractivity contribution in [2.45, 2.75) is 32.6 Å². The van der Waals surface area contributed by atoms with Gasteiger partial charge in [0.05, 0.1) is 0 Å². The monoisotopic (exact) mass is 224 g/mol. The molecule has 2 rings (SSSR count). The van der Waals surface area contributed by atoms with Crippen LogP contribution in [0.15, 0.2) is 10.7 Å². The summed E-state index contributed by atoms with van der Waals surface area (Å²) in [6, 6.07) is 0.297. The average molecular weight is 224 g/mol. The van der Waals surface area contributed by atoms with E-state index in [0.717, 1.165) is 12.8 Å². The zero-order chi connectivity index (χ0) is 11.6. The molecule has 1 fully saturated rings. The first-order chi connectivity index (χ1) is 7.59. The van der Waals surface area contributed by atoms with Crippen LogP contribution in [0.5, 0.6) is 0 Å². The number of anilines is 1. The highest BCUT2D eigenvalue weighted by atomic mass is 16.4. The van der Waals surface area contributed by atoms with Crippen LogP contribution in [-0.4, -0.2) is 22.6 Å². The standard InChI is InChI=1S/C11H16N2O3/c1-11(4-2-3-5-11)7-12-10-13-8(6-16-10)9(14)15/h6H,2-5,7H2,1H3,(H,12,13)(H,14,15). The van der Waals surface area contributed by atoms with Crippen molar-refractivity contribution in [2.24, 2.45) is 5.41 Å². The Morgan fingerprint density at radius 2 is 2.31 bits per heavy atom. The van der Waals surface area contributed by atoms with Gasteiger partial charge >= 0.3 is 5.97 Å². The minimum absolute atomic E-state index is 0.0564. The SMILES string of the molecule is CC1(CNc2nc(C(=O)O)co2)CCCC1. The summed E-state index contributed by atoms with van der Waals surface area (Å²) in [5, 5.41) is 11.7. The van der Waals surface area contributed by atoms with Gasteiger partial charge in [-0.15, -0.1) is 0 Å². The van der Waals surface area contributed by atoms with Crippen LogP contribution in [0, 0.1) is 5.41 Å². The highest BCUT2D eigenvalue weighted by Crippen LogP contribution is 2.37. The molecule has 0 unspecified atom stereocenters. The number of rotatable bonds is 4. The Morgan fingerprint density at radius 3 is 2.88 bits per heavy atom. The molecule has 88 valence electrons. The number of aromatic nitrogens is 1. The molecule has 16 heavy (non-hydrogen) atoms. The molecule has 0 spiro atoms. The summed E-state index contributed by atoms with van der Waals surface area (Å²) in [5.41, 5.74) is 0.233. The van der Waals surface area contributed by atoms with Crippen LogP contribution in [0.3, 0.4) is 0 Å². The van der Waals surface area contributed by atoms with Gasteiger partial charge in [0.1, 0.15) is 6.26 Å². The Bertz CT molecular complexity index is 380. The summed E-state index contributed by atoms with van der Waals surface area (Å²) in [7, 11) is 0. The topological polar surface area (TPSA) is 75.4 Å². The van der Waals surface area contributed by atoms with E-state index >= 15 is 0 Å².